The largest absolute Gasteiger partial charge is 0.383 e. The molecule has 0 radical (unpaired) electrons. The third-order valence-corrected chi connectivity index (χ3v) is 2.96. The van der Waals surface area contributed by atoms with Gasteiger partial charge in [0.25, 0.3) is 0 Å². The van der Waals surface area contributed by atoms with Crippen LogP contribution in [-0.2, 0) is 4.74 Å². The molecule has 1 aromatic carbocycles. The van der Waals surface area contributed by atoms with E-state index in [0.29, 0.717) is 13.2 Å². The van der Waals surface area contributed by atoms with Gasteiger partial charge in [0.15, 0.2) is 5.78 Å². The molecular formula is C12H16BrNO2. The molecule has 16 heavy (non-hydrogen) atoms. The Kier molecular flexibility index (Phi) is 5.66. The summed E-state index contributed by atoms with van der Waals surface area (Å²) in [6.45, 7) is 1.80. The van der Waals surface area contributed by atoms with Gasteiger partial charge in [0, 0.05) is 23.7 Å². The monoisotopic (exact) mass is 285 g/mol. The fourth-order valence-electron chi connectivity index (χ4n) is 1.34. The van der Waals surface area contributed by atoms with Crippen molar-refractivity contribution in [2.45, 2.75) is 0 Å². The van der Waals surface area contributed by atoms with Crippen molar-refractivity contribution >= 4 is 21.7 Å². The first-order valence-electron chi connectivity index (χ1n) is 5.10. The number of benzene rings is 1. The maximum Gasteiger partial charge on any atom is 0.177 e. The zero-order valence-electron chi connectivity index (χ0n) is 9.57. The van der Waals surface area contributed by atoms with E-state index < -0.39 is 0 Å². The first kappa shape index (κ1) is 13.4. The molecule has 4 heteroatoms. The van der Waals surface area contributed by atoms with E-state index in [1.165, 1.54) is 0 Å². The van der Waals surface area contributed by atoms with Gasteiger partial charge in [-0.2, -0.15) is 0 Å². The lowest BCUT2D eigenvalue weighted by atomic mass is 10.1. The number of halogens is 1. The van der Waals surface area contributed by atoms with Gasteiger partial charge in [-0.05, 0) is 13.1 Å². The number of ketones is 1. The molecule has 0 spiro atoms. The Morgan fingerprint density at radius 1 is 1.44 bits per heavy atom. The van der Waals surface area contributed by atoms with Gasteiger partial charge in [0.1, 0.15) is 0 Å². The molecule has 3 nitrogen and oxygen atoms in total. The molecule has 0 aliphatic heterocycles. The highest BCUT2D eigenvalue weighted by molar-refractivity contribution is 9.10. The lowest BCUT2D eigenvalue weighted by Crippen LogP contribution is -2.29. The van der Waals surface area contributed by atoms with Crippen LogP contribution in [0.5, 0.6) is 0 Å². The molecule has 0 heterocycles. The van der Waals surface area contributed by atoms with Crippen molar-refractivity contribution in [3.05, 3.63) is 34.3 Å². The number of likely N-dealkylation sites (N-methyl/N-ethyl adjacent to an activating group) is 1. The molecule has 0 atom stereocenters. The minimum Gasteiger partial charge on any atom is -0.383 e. The van der Waals surface area contributed by atoms with Crippen molar-refractivity contribution in [3.8, 4) is 0 Å². The summed E-state index contributed by atoms with van der Waals surface area (Å²) in [5, 5.41) is 0. The summed E-state index contributed by atoms with van der Waals surface area (Å²) < 4.78 is 5.81. The van der Waals surface area contributed by atoms with E-state index in [2.05, 4.69) is 15.9 Å². The Labute approximate surface area is 105 Å². The number of carbonyl (C=O) groups excluding carboxylic acids is 1. The molecule has 0 saturated heterocycles. The van der Waals surface area contributed by atoms with Crippen LogP contribution < -0.4 is 0 Å². The molecular weight excluding hydrogens is 270 g/mol. The first-order chi connectivity index (χ1) is 7.65. The van der Waals surface area contributed by atoms with Gasteiger partial charge < -0.3 is 4.74 Å². The Morgan fingerprint density at radius 2 is 2.12 bits per heavy atom. The topological polar surface area (TPSA) is 29.5 Å². The smallest absolute Gasteiger partial charge is 0.177 e. The molecule has 0 saturated carbocycles. The van der Waals surface area contributed by atoms with E-state index in [0.717, 1.165) is 16.6 Å². The summed E-state index contributed by atoms with van der Waals surface area (Å²) in [6.07, 6.45) is 0. The Balaban J connectivity index is 2.56. The minimum absolute atomic E-state index is 0.117. The number of hydrogen-bond donors (Lipinski definition) is 0. The van der Waals surface area contributed by atoms with E-state index in [9.17, 15) is 4.79 Å². The molecule has 0 aliphatic rings. The van der Waals surface area contributed by atoms with Gasteiger partial charge in [0.05, 0.1) is 13.2 Å². The number of nitrogens with zero attached hydrogens (tertiary/aromatic N) is 1. The molecule has 0 amide bonds. The summed E-state index contributed by atoms with van der Waals surface area (Å²) in [7, 11) is 3.57. The van der Waals surface area contributed by atoms with Crippen LogP contribution in [-0.4, -0.2) is 44.5 Å². The van der Waals surface area contributed by atoms with Crippen LogP contribution in [0.15, 0.2) is 28.7 Å². The second kappa shape index (κ2) is 6.78. The van der Waals surface area contributed by atoms with Gasteiger partial charge in [-0.15, -0.1) is 0 Å². The van der Waals surface area contributed by atoms with Crippen LogP contribution in [0.3, 0.4) is 0 Å². The van der Waals surface area contributed by atoms with Crippen LogP contribution in [0, 0.1) is 0 Å². The molecule has 0 bridgehead atoms. The molecule has 1 rings (SSSR count). The summed E-state index contributed by atoms with van der Waals surface area (Å²) >= 11 is 3.38. The third kappa shape index (κ3) is 4.04. The predicted octanol–water partition coefficient (Wildman–Crippen LogP) is 2.21. The standard InChI is InChI=1S/C12H16BrNO2/c1-14(7-8-16-2)9-12(15)10-5-3-4-6-11(10)13/h3-6H,7-9H2,1-2H3. The van der Waals surface area contributed by atoms with Crippen LogP contribution in [0.2, 0.25) is 0 Å². The summed E-state index contributed by atoms with van der Waals surface area (Å²) in [4.78, 5) is 13.9. The fraction of sp³-hybridized carbons (Fsp3) is 0.417. The van der Waals surface area contributed by atoms with Crippen LogP contribution >= 0.6 is 15.9 Å². The van der Waals surface area contributed by atoms with Gasteiger partial charge >= 0.3 is 0 Å². The zero-order valence-corrected chi connectivity index (χ0v) is 11.2. The number of methoxy groups -OCH3 is 1. The van der Waals surface area contributed by atoms with E-state index in [-0.39, 0.29) is 5.78 Å². The van der Waals surface area contributed by atoms with Gasteiger partial charge in [-0.25, -0.2) is 0 Å². The van der Waals surface area contributed by atoms with Gasteiger partial charge in [-0.1, -0.05) is 34.1 Å². The van der Waals surface area contributed by atoms with Crippen molar-refractivity contribution < 1.29 is 9.53 Å². The highest BCUT2D eigenvalue weighted by Gasteiger charge is 2.11. The van der Waals surface area contributed by atoms with Crippen molar-refractivity contribution in [1.82, 2.24) is 4.90 Å². The Hall–Kier alpha value is -0.710. The molecule has 88 valence electrons. The average Bonchev–Trinajstić information content (AvgIpc) is 2.26. The number of Topliss-reactive ketones (excluding diaryl/α,β-unsaturated/α-hetero) is 1. The molecule has 1 aromatic rings. The minimum atomic E-state index is 0.117. The lowest BCUT2D eigenvalue weighted by molar-refractivity contribution is 0.0922. The number of rotatable bonds is 6. The van der Waals surface area contributed by atoms with Crippen LogP contribution in [0.25, 0.3) is 0 Å². The van der Waals surface area contributed by atoms with E-state index in [1.54, 1.807) is 7.11 Å². The van der Waals surface area contributed by atoms with Gasteiger partial charge in [0.2, 0.25) is 0 Å². The normalized spacial score (nSPS) is 10.8. The fourth-order valence-corrected chi connectivity index (χ4v) is 1.85. The van der Waals surface area contributed by atoms with Crippen molar-refractivity contribution in [2.75, 3.05) is 33.9 Å². The summed E-state index contributed by atoms with van der Waals surface area (Å²) in [5.74, 6) is 0.117. The first-order valence-corrected chi connectivity index (χ1v) is 5.89. The van der Waals surface area contributed by atoms with Crippen LogP contribution in [0.4, 0.5) is 0 Å². The maximum absolute atomic E-state index is 11.9. The lowest BCUT2D eigenvalue weighted by Gasteiger charge is -2.15. The quantitative estimate of drug-likeness (QED) is 0.751. The maximum atomic E-state index is 11.9. The van der Waals surface area contributed by atoms with Gasteiger partial charge in [-0.3, -0.25) is 9.69 Å². The molecule has 0 fully saturated rings. The van der Waals surface area contributed by atoms with Crippen molar-refractivity contribution in [1.29, 1.82) is 0 Å². The van der Waals surface area contributed by atoms with Crippen molar-refractivity contribution in [3.63, 3.8) is 0 Å². The summed E-state index contributed by atoms with van der Waals surface area (Å²) in [6, 6.07) is 7.47. The van der Waals surface area contributed by atoms with E-state index in [4.69, 9.17) is 4.74 Å². The number of ether oxygens (including phenoxy) is 1. The molecule has 0 unspecified atom stereocenters. The highest BCUT2D eigenvalue weighted by Crippen LogP contribution is 2.16. The predicted molar refractivity (Wildman–Crippen MR) is 67.8 cm³/mol. The van der Waals surface area contributed by atoms with Crippen molar-refractivity contribution in [2.24, 2.45) is 0 Å². The summed E-state index contributed by atoms with van der Waals surface area (Å²) in [5.41, 5.74) is 0.728. The Morgan fingerprint density at radius 3 is 2.75 bits per heavy atom. The van der Waals surface area contributed by atoms with Crippen LogP contribution in [0.1, 0.15) is 10.4 Å². The highest BCUT2D eigenvalue weighted by atomic mass is 79.9. The third-order valence-electron chi connectivity index (χ3n) is 2.26. The molecule has 0 aliphatic carbocycles. The Bertz CT molecular complexity index is 355. The van der Waals surface area contributed by atoms with E-state index in [1.807, 2.05) is 36.2 Å². The number of hydrogen-bond acceptors (Lipinski definition) is 3. The van der Waals surface area contributed by atoms with E-state index >= 15 is 0 Å². The second-order valence-electron chi connectivity index (χ2n) is 3.63. The average molecular weight is 286 g/mol. The number of carbonyl (C=O) groups is 1. The second-order valence-corrected chi connectivity index (χ2v) is 4.49. The molecule has 0 N–H and O–H groups in total. The SMILES string of the molecule is COCCN(C)CC(=O)c1ccccc1Br. The zero-order chi connectivity index (χ0) is 12.0. The molecule has 0 aromatic heterocycles.